The van der Waals surface area contributed by atoms with Gasteiger partial charge in [-0.15, -0.1) is 0 Å². The van der Waals surface area contributed by atoms with Crippen LogP contribution in [0.15, 0.2) is 40.5 Å². The fraction of sp³-hybridized carbons (Fsp3) is 0.652. The van der Waals surface area contributed by atoms with Gasteiger partial charge in [-0.25, -0.2) is 0 Å². The van der Waals surface area contributed by atoms with Gasteiger partial charge >= 0.3 is 161 Å². The molecule has 2 heteroatoms. The molecule has 0 spiro atoms. The molecule has 0 fully saturated rings. The fourth-order valence-electron chi connectivity index (χ4n) is 3.66. The Morgan fingerprint density at radius 1 is 0.880 bits per heavy atom. The van der Waals surface area contributed by atoms with Crippen LogP contribution >= 0.6 is 0 Å². The van der Waals surface area contributed by atoms with E-state index in [4.69, 9.17) is 0 Å². The summed E-state index contributed by atoms with van der Waals surface area (Å²) >= 11 is -2.16. The normalized spacial score (nSPS) is 13.4. The Balaban J connectivity index is 2.66. The van der Waals surface area contributed by atoms with Gasteiger partial charge in [-0.3, -0.25) is 0 Å². The van der Waals surface area contributed by atoms with Crippen LogP contribution in [0.2, 0.25) is 13.3 Å². The first-order valence-electron chi connectivity index (χ1n) is 10.6. The first-order valence-corrected chi connectivity index (χ1v) is 18.3. The van der Waals surface area contributed by atoms with Crippen LogP contribution in [0.1, 0.15) is 71.3 Å². The maximum absolute atomic E-state index is 10.4. The summed E-state index contributed by atoms with van der Waals surface area (Å²) < 4.78 is 7.22. The van der Waals surface area contributed by atoms with Gasteiger partial charge in [0.05, 0.1) is 0 Å². The van der Waals surface area contributed by atoms with Gasteiger partial charge in [0.15, 0.2) is 0 Å². The number of rotatable bonds is 14. The first kappa shape index (κ1) is 22.8. The van der Waals surface area contributed by atoms with Crippen molar-refractivity contribution in [3.05, 3.63) is 46.1 Å². The summed E-state index contributed by atoms with van der Waals surface area (Å²) in [5.74, 6) is 0. The monoisotopic (exact) mass is 452 g/mol. The molecule has 1 aromatic carbocycles. The van der Waals surface area contributed by atoms with E-state index in [0.29, 0.717) is 0 Å². The van der Waals surface area contributed by atoms with Crippen molar-refractivity contribution < 1.29 is 5.11 Å². The van der Waals surface area contributed by atoms with E-state index >= 15 is 0 Å². The van der Waals surface area contributed by atoms with E-state index in [2.05, 4.69) is 55.2 Å². The van der Waals surface area contributed by atoms with E-state index in [9.17, 15) is 5.11 Å². The summed E-state index contributed by atoms with van der Waals surface area (Å²) in [6, 6.07) is 10.4. The van der Waals surface area contributed by atoms with Crippen molar-refractivity contribution in [1.29, 1.82) is 0 Å². The number of aliphatic hydroxyl groups is 1. The summed E-state index contributed by atoms with van der Waals surface area (Å²) in [7, 11) is 0. The fourth-order valence-corrected chi connectivity index (χ4v) is 18.1. The molecule has 25 heavy (non-hydrogen) atoms. The van der Waals surface area contributed by atoms with Crippen molar-refractivity contribution >= 4 is 18.4 Å². The topological polar surface area (TPSA) is 20.2 Å². The number of benzene rings is 1. The summed E-state index contributed by atoms with van der Waals surface area (Å²) in [4.78, 5) is 0. The molecule has 0 bridgehead atoms. The van der Waals surface area contributed by atoms with Gasteiger partial charge in [-0.05, 0) is 0 Å². The Morgan fingerprint density at radius 3 is 1.88 bits per heavy atom. The predicted octanol–water partition coefficient (Wildman–Crippen LogP) is 6.92. The van der Waals surface area contributed by atoms with Gasteiger partial charge in [0.2, 0.25) is 0 Å². The van der Waals surface area contributed by atoms with Gasteiger partial charge in [-0.1, -0.05) is 0 Å². The molecule has 1 N–H and O–H groups in total. The molecule has 0 saturated carbocycles. The molecule has 0 aliphatic rings. The molecule has 0 heterocycles. The second-order valence-electron chi connectivity index (χ2n) is 7.65. The van der Waals surface area contributed by atoms with Gasteiger partial charge in [0.1, 0.15) is 0 Å². The molecule has 142 valence electrons. The van der Waals surface area contributed by atoms with Crippen LogP contribution in [-0.4, -0.2) is 29.6 Å². The Labute approximate surface area is 160 Å². The SMILES string of the molecule is CCC[CH2][Sn](/[CH]=C/C[C@H](O)Cc1ccccc1)([CH2]CCC)[CH2]CCC. The molecule has 0 amide bonds. The molecule has 0 aromatic heterocycles. The van der Waals surface area contributed by atoms with E-state index in [1.807, 2.05) is 6.07 Å². The number of aliphatic hydroxyl groups excluding tert-OH is 1. The van der Waals surface area contributed by atoms with Crippen molar-refractivity contribution in [1.82, 2.24) is 0 Å². The molecule has 0 aliphatic heterocycles. The zero-order valence-electron chi connectivity index (χ0n) is 16.8. The summed E-state index contributed by atoms with van der Waals surface area (Å²) in [6.45, 7) is 6.97. The minimum atomic E-state index is -2.16. The zero-order chi connectivity index (χ0) is 18.4. The van der Waals surface area contributed by atoms with Gasteiger partial charge in [0.25, 0.3) is 0 Å². The second-order valence-corrected chi connectivity index (χ2v) is 20.7. The Kier molecular flexibility index (Phi) is 12.6. The predicted molar refractivity (Wildman–Crippen MR) is 115 cm³/mol. The van der Waals surface area contributed by atoms with Crippen molar-refractivity contribution in [3.63, 3.8) is 0 Å². The molecule has 1 atom stereocenters. The molecular weight excluding hydrogens is 411 g/mol. The second kappa shape index (κ2) is 13.9. The van der Waals surface area contributed by atoms with E-state index in [1.54, 1.807) is 0 Å². The van der Waals surface area contributed by atoms with Crippen molar-refractivity contribution in [2.45, 2.75) is 91.6 Å². The molecule has 1 aromatic rings. The molecule has 1 nitrogen and oxygen atoms in total. The number of unbranched alkanes of at least 4 members (excludes halogenated alkanes) is 3. The maximum atomic E-state index is 10.4. The van der Waals surface area contributed by atoms with Crippen LogP contribution in [0, 0.1) is 0 Å². The van der Waals surface area contributed by atoms with Gasteiger partial charge in [0, 0.05) is 0 Å². The number of hydrogen-bond acceptors (Lipinski definition) is 1. The molecule has 0 unspecified atom stereocenters. The Bertz CT molecular complexity index is 433. The number of hydrogen-bond donors (Lipinski definition) is 1. The third-order valence-electron chi connectivity index (χ3n) is 5.28. The van der Waals surface area contributed by atoms with E-state index < -0.39 is 18.4 Å². The van der Waals surface area contributed by atoms with Crippen LogP contribution in [-0.2, 0) is 6.42 Å². The zero-order valence-corrected chi connectivity index (χ0v) is 19.7. The van der Waals surface area contributed by atoms with Crippen molar-refractivity contribution in [2.75, 3.05) is 0 Å². The van der Waals surface area contributed by atoms with Crippen molar-refractivity contribution in [2.24, 2.45) is 0 Å². The third kappa shape index (κ3) is 9.84. The van der Waals surface area contributed by atoms with Crippen LogP contribution in [0.3, 0.4) is 0 Å². The average molecular weight is 451 g/mol. The molecular formula is C23H40OSn. The standard InChI is InChI=1S/C11H13O.3C4H9.Sn/c1-2-6-11(12)9-10-7-4-3-5-8-10;3*1-3-4-2;/h1-5,7-8,11-12H,6,9H2;3*1,3-4H2,2H3;/t11-;;;;/m0..../s1. The van der Waals surface area contributed by atoms with Crippen LogP contribution in [0.25, 0.3) is 0 Å². The summed E-state index contributed by atoms with van der Waals surface area (Å²) in [5.41, 5.74) is 1.24. The van der Waals surface area contributed by atoms with E-state index in [0.717, 1.165) is 12.8 Å². The molecule has 0 aliphatic carbocycles. The molecule has 0 saturated heterocycles. The summed E-state index contributed by atoms with van der Waals surface area (Å²) in [6.07, 6.45) is 11.9. The van der Waals surface area contributed by atoms with Gasteiger partial charge in [-0.2, -0.15) is 0 Å². The van der Waals surface area contributed by atoms with Crippen molar-refractivity contribution in [3.8, 4) is 0 Å². The van der Waals surface area contributed by atoms with E-state index in [1.165, 1.54) is 57.4 Å². The summed E-state index contributed by atoms with van der Waals surface area (Å²) in [5, 5.41) is 10.4. The Morgan fingerprint density at radius 2 is 1.40 bits per heavy atom. The Hall–Kier alpha value is -0.281. The minimum absolute atomic E-state index is 0.244. The third-order valence-corrected chi connectivity index (χ3v) is 19.5. The van der Waals surface area contributed by atoms with Crippen LogP contribution in [0.5, 0.6) is 0 Å². The quantitative estimate of drug-likeness (QED) is 0.305. The van der Waals surface area contributed by atoms with Crippen LogP contribution in [0.4, 0.5) is 0 Å². The van der Waals surface area contributed by atoms with Gasteiger partial charge < -0.3 is 0 Å². The average Bonchev–Trinajstić information content (AvgIpc) is 2.63. The van der Waals surface area contributed by atoms with Crippen LogP contribution < -0.4 is 0 Å². The molecule has 0 radical (unpaired) electrons. The molecule has 1 rings (SSSR count). The van der Waals surface area contributed by atoms with E-state index in [-0.39, 0.29) is 6.10 Å². The first-order chi connectivity index (χ1) is 12.2.